The minimum atomic E-state index is 1.69. The number of rotatable bonds is 2. The molecule has 9 heavy (non-hydrogen) atoms. The fourth-order valence-corrected chi connectivity index (χ4v) is 0.325. The molecule has 0 aromatic rings. The summed E-state index contributed by atoms with van der Waals surface area (Å²) in [5.74, 6) is 0. The summed E-state index contributed by atoms with van der Waals surface area (Å²) in [6, 6.07) is 0. The molecule has 0 aliphatic carbocycles. The quantitative estimate of drug-likeness (QED) is 0.301. The highest BCUT2D eigenvalue weighted by atomic mass is 14.6. The summed E-state index contributed by atoms with van der Waals surface area (Å²) in [7, 11) is 1.73. The molecule has 0 amide bonds. The molecule has 1 heteroatoms. The van der Waals surface area contributed by atoms with Crippen molar-refractivity contribution in [3.63, 3.8) is 0 Å². The van der Waals surface area contributed by atoms with Gasteiger partial charge in [0.2, 0.25) is 0 Å². The lowest BCUT2D eigenvalue weighted by Gasteiger charge is -1.64. The molecule has 0 N–H and O–H groups in total. The van der Waals surface area contributed by atoms with Gasteiger partial charge in [-0.05, 0) is 19.1 Å². The Morgan fingerprint density at radius 2 is 2.11 bits per heavy atom. The third-order valence-electron chi connectivity index (χ3n) is 0.705. The van der Waals surface area contributed by atoms with Gasteiger partial charge in [-0.3, -0.25) is 4.99 Å². The normalized spacial score (nSPS) is 10.0. The molecule has 48 valence electrons. The Bertz CT molecular complexity index is 141. The van der Waals surface area contributed by atoms with Crippen LogP contribution in [0.1, 0.15) is 6.92 Å². The van der Waals surface area contributed by atoms with E-state index in [0.29, 0.717) is 0 Å². The molecule has 0 aromatic carbocycles. The topological polar surface area (TPSA) is 12.4 Å². The number of nitrogens with zero attached hydrogens (tertiary/aromatic N) is 1. The minimum absolute atomic E-state index is 1.69. The van der Waals surface area contributed by atoms with Gasteiger partial charge in [0.25, 0.3) is 0 Å². The van der Waals surface area contributed by atoms with Crippen molar-refractivity contribution in [1.82, 2.24) is 0 Å². The van der Waals surface area contributed by atoms with Crippen LogP contribution in [0.4, 0.5) is 0 Å². The van der Waals surface area contributed by atoms with Crippen LogP contribution < -0.4 is 0 Å². The summed E-state index contributed by atoms with van der Waals surface area (Å²) in [5.41, 5.74) is 2.90. The van der Waals surface area contributed by atoms with Gasteiger partial charge in [-0.15, -0.1) is 5.73 Å². The first-order valence-electron chi connectivity index (χ1n) is 2.86. The van der Waals surface area contributed by atoms with Crippen molar-refractivity contribution in [3.8, 4) is 0 Å². The van der Waals surface area contributed by atoms with Crippen LogP contribution in [0.15, 0.2) is 35.0 Å². The highest BCUT2D eigenvalue weighted by Crippen LogP contribution is 1.70. The Hall–Kier alpha value is -1.07. The number of hydrogen-bond acceptors (Lipinski definition) is 1. The highest BCUT2D eigenvalue weighted by molar-refractivity contribution is 5.70. The van der Waals surface area contributed by atoms with E-state index < -0.39 is 0 Å². The van der Waals surface area contributed by atoms with Crippen LogP contribution in [0, 0.1) is 0 Å². The Morgan fingerprint density at radius 1 is 1.33 bits per heavy atom. The molecular formula is C8H11N. The van der Waals surface area contributed by atoms with E-state index in [4.69, 9.17) is 0 Å². The summed E-state index contributed by atoms with van der Waals surface area (Å²) in [6.07, 6.45) is 9.16. The van der Waals surface area contributed by atoms with Crippen molar-refractivity contribution < 1.29 is 0 Å². The SMILES string of the molecule is C/C=C/C=C=CC=NC. The standard InChI is InChI=1S/C8H11N/c1-3-4-5-6-7-8-9-2/h3-5,7-8H,1-2H3/b4-3+,9-8?. The van der Waals surface area contributed by atoms with Gasteiger partial charge in [0, 0.05) is 13.3 Å². The first-order valence-corrected chi connectivity index (χ1v) is 2.86. The lowest BCUT2D eigenvalue weighted by Crippen LogP contribution is -1.56. The fourth-order valence-electron chi connectivity index (χ4n) is 0.325. The third-order valence-corrected chi connectivity index (χ3v) is 0.705. The lowest BCUT2D eigenvalue weighted by atomic mass is 10.5. The van der Waals surface area contributed by atoms with Crippen LogP contribution in [-0.4, -0.2) is 13.3 Å². The van der Waals surface area contributed by atoms with Crippen molar-refractivity contribution in [1.29, 1.82) is 0 Å². The van der Waals surface area contributed by atoms with Gasteiger partial charge in [0.15, 0.2) is 0 Å². The van der Waals surface area contributed by atoms with Crippen molar-refractivity contribution >= 4 is 6.21 Å². The van der Waals surface area contributed by atoms with Crippen molar-refractivity contribution in [3.05, 3.63) is 30.0 Å². The van der Waals surface area contributed by atoms with Gasteiger partial charge < -0.3 is 0 Å². The molecule has 1 nitrogen and oxygen atoms in total. The Morgan fingerprint density at radius 3 is 2.67 bits per heavy atom. The predicted molar refractivity (Wildman–Crippen MR) is 41.9 cm³/mol. The Balaban J connectivity index is 3.67. The van der Waals surface area contributed by atoms with Crippen LogP contribution in [0.2, 0.25) is 0 Å². The molecule has 0 spiro atoms. The summed E-state index contributed by atoms with van der Waals surface area (Å²) in [5, 5.41) is 0. The van der Waals surface area contributed by atoms with E-state index in [0.717, 1.165) is 0 Å². The van der Waals surface area contributed by atoms with E-state index in [-0.39, 0.29) is 0 Å². The van der Waals surface area contributed by atoms with E-state index in [9.17, 15) is 0 Å². The summed E-state index contributed by atoms with van der Waals surface area (Å²) in [6.45, 7) is 1.96. The van der Waals surface area contributed by atoms with E-state index in [1.807, 2.05) is 25.2 Å². The molecule has 0 saturated heterocycles. The zero-order chi connectivity index (χ0) is 6.95. The monoisotopic (exact) mass is 121 g/mol. The summed E-state index contributed by atoms with van der Waals surface area (Å²) < 4.78 is 0. The van der Waals surface area contributed by atoms with E-state index in [1.165, 1.54) is 0 Å². The van der Waals surface area contributed by atoms with E-state index in [1.54, 1.807) is 19.3 Å². The first-order chi connectivity index (χ1) is 4.41. The number of hydrogen-bond donors (Lipinski definition) is 0. The number of aliphatic imine (C=N–C) groups is 1. The Kier molecular flexibility index (Phi) is 6.11. The molecule has 0 heterocycles. The number of allylic oxidation sites excluding steroid dienone is 3. The molecule has 0 aliphatic heterocycles. The van der Waals surface area contributed by atoms with Crippen LogP contribution in [-0.2, 0) is 0 Å². The van der Waals surface area contributed by atoms with Gasteiger partial charge in [-0.2, -0.15) is 0 Å². The van der Waals surface area contributed by atoms with Gasteiger partial charge in [0.05, 0.1) is 0 Å². The highest BCUT2D eigenvalue weighted by Gasteiger charge is 1.53. The second-order valence-corrected chi connectivity index (χ2v) is 1.43. The van der Waals surface area contributed by atoms with Crippen LogP contribution in [0.5, 0.6) is 0 Å². The molecule has 0 saturated carbocycles. The summed E-state index contributed by atoms with van der Waals surface area (Å²) >= 11 is 0. The second kappa shape index (κ2) is 6.93. The second-order valence-electron chi connectivity index (χ2n) is 1.43. The van der Waals surface area contributed by atoms with Crippen molar-refractivity contribution in [2.75, 3.05) is 7.05 Å². The van der Waals surface area contributed by atoms with Gasteiger partial charge in [-0.1, -0.05) is 12.2 Å². The molecule has 0 bridgehead atoms. The van der Waals surface area contributed by atoms with Crippen molar-refractivity contribution in [2.45, 2.75) is 6.92 Å². The maximum atomic E-state index is 3.75. The molecule has 0 aromatic heterocycles. The maximum Gasteiger partial charge on any atom is 0.0286 e. The Labute approximate surface area is 56.1 Å². The van der Waals surface area contributed by atoms with Gasteiger partial charge in [0.1, 0.15) is 0 Å². The molecule has 0 unspecified atom stereocenters. The molecule has 0 fully saturated rings. The third kappa shape index (κ3) is 6.93. The maximum absolute atomic E-state index is 3.75. The first kappa shape index (κ1) is 7.93. The lowest BCUT2D eigenvalue weighted by molar-refractivity contribution is 1.48. The zero-order valence-corrected chi connectivity index (χ0v) is 5.83. The molecule has 0 rings (SSSR count). The molecular weight excluding hydrogens is 110 g/mol. The largest absolute Gasteiger partial charge is 0.296 e. The molecule has 0 atom stereocenters. The van der Waals surface area contributed by atoms with Crippen LogP contribution in [0.25, 0.3) is 0 Å². The molecule has 0 radical (unpaired) electrons. The average molecular weight is 121 g/mol. The predicted octanol–water partition coefficient (Wildman–Crippen LogP) is 1.97. The van der Waals surface area contributed by atoms with Crippen LogP contribution >= 0.6 is 0 Å². The van der Waals surface area contributed by atoms with E-state index >= 15 is 0 Å². The minimum Gasteiger partial charge on any atom is -0.296 e. The summed E-state index contributed by atoms with van der Waals surface area (Å²) in [4.78, 5) is 3.75. The average Bonchev–Trinajstić information content (AvgIpc) is 1.89. The zero-order valence-electron chi connectivity index (χ0n) is 5.83. The van der Waals surface area contributed by atoms with Gasteiger partial charge >= 0.3 is 0 Å². The molecule has 0 aliphatic rings. The van der Waals surface area contributed by atoms with E-state index in [2.05, 4.69) is 10.7 Å². The van der Waals surface area contributed by atoms with Crippen molar-refractivity contribution in [2.24, 2.45) is 4.99 Å². The van der Waals surface area contributed by atoms with Gasteiger partial charge in [-0.25, -0.2) is 0 Å². The smallest absolute Gasteiger partial charge is 0.0286 e. The fraction of sp³-hybridized carbons (Fsp3) is 0.250. The van der Waals surface area contributed by atoms with Crippen LogP contribution in [0.3, 0.4) is 0 Å².